The van der Waals surface area contributed by atoms with Crippen molar-refractivity contribution >= 4 is 5.91 Å². The van der Waals surface area contributed by atoms with Crippen molar-refractivity contribution in [2.24, 2.45) is 5.73 Å². The molecular formula is C13H25N3O. The third-order valence-electron chi connectivity index (χ3n) is 4.36. The maximum Gasteiger partial charge on any atom is 0.239 e. The first kappa shape index (κ1) is 12.8. The minimum absolute atomic E-state index is 0.00722. The number of carbonyl (C=O) groups excluding carboxylic acids is 1. The van der Waals surface area contributed by atoms with Gasteiger partial charge >= 0.3 is 0 Å². The van der Waals surface area contributed by atoms with Gasteiger partial charge in [0.15, 0.2) is 0 Å². The molecule has 4 nitrogen and oxygen atoms in total. The third kappa shape index (κ3) is 2.47. The Labute approximate surface area is 104 Å². The van der Waals surface area contributed by atoms with Crippen molar-refractivity contribution < 1.29 is 4.79 Å². The minimum atomic E-state index is 0.00722. The van der Waals surface area contributed by atoms with Gasteiger partial charge in [-0.1, -0.05) is 0 Å². The van der Waals surface area contributed by atoms with Crippen LogP contribution in [0.5, 0.6) is 0 Å². The van der Waals surface area contributed by atoms with Crippen molar-refractivity contribution in [3.63, 3.8) is 0 Å². The number of amides is 1. The quantitative estimate of drug-likeness (QED) is 0.775. The van der Waals surface area contributed by atoms with Gasteiger partial charge in [0.25, 0.3) is 0 Å². The van der Waals surface area contributed by atoms with Crippen molar-refractivity contribution in [1.29, 1.82) is 0 Å². The van der Waals surface area contributed by atoms with Crippen LogP contribution in [0.15, 0.2) is 0 Å². The summed E-state index contributed by atoms with van der Waals surface area (Å²) >= 11 is 0. The van der Waals surface area contributed by atoms with E-state index in [1.165, 1.54) is 12.8 Å². The van der Waals surface area contributed by atoms with E-state index in [4.69, 9.17) is 5.73 Å². The zero-order valence-corrected chi connectivity index (χ0v) is 11.2. The molecule has 0 saturated carbocycles. The Hall–Kier alpha value is -0.610. The number of hydrogen-bond donors (Lipinski definition) is 1. The van der Waals surface area contributed by atoms with Gasteiger partial charge in [-0.15, -0.1) is 0 Å². The molecule has 0 radical (unpaired) electrons. The van der Waals surface area contributed by atoms with E-state index in [2.05, 4.69) is 18.7 Å². The average Bonchev–Trinajstić information content (AvgIpc) is 2.84. The zero-order chi connectivity index (χ0) is 12.6. The Balaban J connectivity index is 1.99. The molecule has 4 heteroatoms. The highest BCUT2D eigenvalue weighted by atomic mass is 16.2. The maximum atomic E-state index is 12.4. The summed E-state index contributed by atoms with van der Waals surface area (Å²) in [4.78, 5) is 16.7. The molecule has 4 atom stereocenters. The summed E-state index contributed by atoms with van der Waals surface area (Å²) in [5.41, 5.74) is 5.86. The average molecular weight is 239 g/mol. The second-order valence-corrected chi connectivity index (χ2v) is 5.73. The number of rotatable bonds is 2. The van der Waals surface area contributed by atoms with E-state index in [-0.39, 0.29) is 18.0 Å². The molecule has 2 heterocycles. The fourth-order valence-electron chi connectivity index (χ4n) is 3.36. The summed E-state index contributed by atoms with van der Waals surface area (Å²) in [6, 6.07) is 1.24. The largest absolute Gasteiger partial charge is 0.340 e. The number of hydrogen-bond acceptors (Lipinski definition) is 3. The van der Waals surface area contributed by atoms with Crippen LogP contribution in [0.1, 0.15) is 40.0 Å². The van der Waals surface area contributed by atoms with E-state index < -0.39 is 0 Å². The fraction of sp³-hybridized carbons (Fsp3) is 0.923. The first-order chi connectivity index (χ1) is 8.00. The topological polar surface area (TPSA) is 49.6 Å². The maximum absolute atomic E-state index is 12.4. The van der Waals surface area contributed by atoms with E-state index in [1.54, 1.807) is 0 Å². The van der Waals surface area contributed by atoms with Crippen molar-refractivity contribution in [3.05, 3.63) is 0 Å². The van der Waals surface area contributed by atoms with Gasteiger partial charge in [-0.05, 0) is 40.0 Å². The minimum Gasteiger partial charge on any atom is -0.340 e. The zero-order valence-electron chi connectivity index (χ0n) is 11.2. The summed E-state index contributed by atoms with van der Waals surface area (Å²) in [6.45, 7) is 8.07. The number of likely N-dealkylation sites (tertiary alicyclic amines) is 2. The van der Waals surface area contributed by atoms with Gasteiger partial charge < -0.3 is 10.6 Å². The summed E-state index contributed by atoms with van der Waals surface area (Å²) in [6.07, 6.45) is 3.36. The van der Waals surface area contributed by atoms with Crippen LogP contribution < -0.4 is 5.73 Å². The fourth-order valence-corrected chi connectivity index (χ4v) is 3.36. The van der Waals surface area contributed by atoms with Gasteiger partial charge in [-0.25, -0.2) is 0 Å². The Morgan fingerprint density at radius 1 is 1.24 bits per heavy atom. The normalized spacial score (nSPS) is 36.5. The molecule has 17 heavy (non-hydrogen) atoms. The molecule has 0 aromatic heterocycles. The molecule has 1 amide bonds. The van der Waals surface area contributed by atoms with Gasteiger partial charge in [0.1, 0.15) is 0 Å². The number of carbonyl (C=O) groups is 1. The highest BCUT2D eigenvalue weighted by molar-refractivity contribution is 5.82. The smallest absolute Gasteiger partial charge is 0.239 e. The van der Waals surface area contributed by atoms with Crippen LogP contribution in [0, 0.1) is 0 Å². The number of nitrogens with two attached hydrogens (primary N) is 1. The Morgan fingerprint density at radius 3 is 2.29 bits per heavy atom. The van der Waals surface area contributed by atoms with Crippen LogP contribution in [0.2, 0.25) is 0 Å². The monoisotopic (exact) mass is 239 g/mol. The lowest BCUT2D eigenvalue weighted by atomic mass is 10.2. The molecule has 2 rings (SSSR count). The first-order valence-corrected chi connectivity index (χ1v) is 6.82. The molecule has 2 aliphatic rings. The molecule has 2 saturated heterocycles. The second-order valence-electron chi connectivity index (χ2n) is 5.73. The third-order valence-corrected chi connectivity index (χ3v) is 4.36. The van der Waals surface area contributed by atoms with Crippen LogP contribution >= 0.6 is 0 Å². The van der Waals surface area contributed by atoms with Crippen LogP contribution in [0.25, 0.3) is 0 Å². The van der Waals surface area contributed by atoms with Crippen molar-refractivity contribution in [1.82, 2.24) is 9.80 Å². The molecule has 4 unspecified atom stereocenters. The molecule has 2 N–H and O–H groups in total. The van der Waals surface area contributed by atoms with Crippen molar-refractivity contribution in [2.45, 2.75) is 64.2 Å². The Kier molecular flexibility index (Phi) is 3.73. The number of nitrogens with zero attached hydrogens (tertiary/aromatic N) is 2. The van der Waals surface area contributed by atoms with Crippen LogP contribution in [-0.4, -0.2) is 53.0 Å². The van der Waals surface area contributed by atoms with E-state index in [0.29, 0.717) is 12.1 Å². The van der Waals surface area contributed by atoms with E-state index in [0.717, 1.165) is 19.5 Å². The molecule has 0 spiro atoms. The van der Waals surface area contributed by atoms with E-state index in [1.807, 2.05) is 11.8 Å². The van der Waals surface area contributed by atoms with Crippen LogP contribution in [-0.2, 0) is 4.79 Å². The lowest BCUT2D eigenvalue weighted by molar-refractivity contribution is -0.136. The second kappa shape index (κ2) is 4.94. The Morgan fingerprint density at radius 2 is 1.82 bits per heavy atom. The Bertz CT molecular complexity index is 284. The van der Waals surface area contributed by atoms with E-state index in [9.17, 15) is 4.79 Å². The molecule has 0 bridgehead atoms. The van der Waals surface area contributed by atoms with Gasteiger partial charge in [0.05, 0.1) is 6.04 Å². The molecule has 98 valence electrons. The molecule has 0 aromatic rings. The van der Waals surface area contributed by atoms with Crippen molar-refractivity contribution in [3.8, 4) is 0 Å². The SMILES string of the molecule is CC1CCC(C)N1C(C)C(=O)N1CCC(N)C1. The van der Waals surface area contributed by atoms with Crippen LogP contribution in [0.3, 0.4) is 0 Å². The summed E-state index contributed by atoms with van der Waals surface area (Å²) in [5, 5.41) is 0. The molecular weight excluding hydrogens is 214 g/mol. The highest BCUT2D eigenvalue weighted by Gasteiger charge is 2.37. The predicted octanol–water partition coefficient (Wildman–Crippen LogP) is 0.807. The molecule has 0 aliphatic carbocycles. The first-order valence-electron chi connectivity index (χ1n) is 6.82. The van der Waals surface area contributed by atoms with Crippen molar-refractivity contribution in [2.75, 3.05) is 13.1 Å². The van der Waals surface area contributed by atoms with Crippen LogP contribution in [0.4, 0.5) is 0 Å². The van der Waals surface area contributed by atoms with Gasteiger partial charge in [-0.3, -0.25) is 9.69 Å². The van der Waals surface area contributed by atoms with Gasteiger partial charge in [0, 0.05) is 31.2 Å². The predicted molar refractivity (Wildman–Crippen MR) is 68.6 cm³/mol. The van der Waals surface area contributed by atoms with Gasteiger partial charge in [-0.2, -0.15) is 0 Å². The molecule has 2 aliphatic heterocycles. The summed E-state index contributed by atoms with van der Waals surface area (Å²) in [7, 11) is 0. The summed E-state index contributed by atoms with van der Waals surface area (Å²) in [5.74, 6) is 0.263. The molecule has 2 fully saturated rings. The lowest BCUT2D eigenvalue weighted by Gasteiger charge is -2.34. The summed E-state index contributed by atoms with van der Waals surface area (Å²) < 4.78 is 0. The van der Waals surface area contributed by atoms with Gasteiger partial charge in [0.2, 0.25) is 5.91 Å². The van der Waals surface area contributed by atoms with E-state index >= 15 is 0 Å². The molecule has 0 aromatic carbocycles. The highest BCUT2D eigenvalue weighted by Crippen LogP contribution is 2.27. The lowest BCUT2D eigenvalue weighted by Crippen LogP contribution is -2.50. The standard InChI is InChI=1S/C13H25N3O/c1-9-4-5-10(2)16(9)11(3)13(17)15-7-6-12(14)8-15/h9-12H,4-8,14H2,1-3H3.